The maximum atomic E-state index is 10.7. The van der Waals surface area contributed by atoms with Crippen molar-refractivity contribution in [3.63, 3.8) is 0 Å². The lowest BCUT2D eigenvalue weighted by molar-refractivity contribution is -0.135. The smallest absolute Gasteiger partial charge is 0.322 e. The molecule has 22 heavy (non-hydrogen) atoms. The van der Waals surface area contributed by atoms with Crippen LogP contribution in [0.15, 0.2) is 59.6 Å². The van der Waals surface area contributed by atoms with Gasteiger partial charge in [-0.2, -0.15) is 0 Å². The molecule has 0 bridgehead atoms. The highest BCUT2D eigenvalue weighted by Gasteiger charge is 2.03. The predicted molar refractivity (Wildman–Crippen MR) is 88.0 cm³/mol. The summed E-state index contributed by atoms with van der Waals surface area (Å²) in [5, 5.41) is 14.7. The molecule has 0 aliphatic heterocycles. The molecule has 0 aromatic heterocycles. The molecule has 2 aromatic rings. The van der Waals surface area contributed by atoms with Crippen molar-refractivity contribution in [3.05, 3.63) is 65.7 Å². The second kappa shape index (κ2) is 7.83. The number of nitrogens with one attached hydrogen (secondary N) is 2. The van der Waals surface area contributed by atoms with Gasteiger partial charge in [-0.1, -0.05) is 48.0 Å². The zero-order chi connectivity index (χ0) is 15.8. The first-order chi connectivity index (χ1) is 10.6. The number of carbonyl (C=O) groups is 1. The van der Waals surface area contributed by atoms with Gasteiger partial charge in [-0.05, 0) is 24.6 Å². The molecule has 0 spiro atoms. The number of carboxylic acid groups (broad SMARTS) is 1. The standard InChI is InChI=1S/C17H19N3O2/c1-13-7-9-14(10-8-13)11-18-17(19-12-16(21)22)20-15-5-3-2-4-6-15/h2-10H,11-12H2,1H3,(H,21,22)(H2,18,19,20). The van der Waals surface area contributed by atoms with Crippen LogP contribution in [0.5, 0.6) is 0 Å². The van der Waals surface area contributed by atoms with Crippen LogP contribution in [-0.2, 0) is 11.3 Å². The van der Waals surface area contributed by atoms with E-state index in [2.05, 4.69) is 15.6 Å². The largest absolute Gasteiger partial charge is 0.480 e. The van der Waals surface area contributed by atoms with Crippen molar-refractivity contribution >= 4 is 17.6 Å². The zero-order valence-electron chi connectivity index (χ0n) is 12.4. The van der Waals surface area contributed by atoms with Crippen molar-refractivity contribution in [3.8, 4) is 0 Å². The number of nitrogens with zero attached hydrogens (tertiary/aromatic N) is 1. The van der Waals surface area contributed by atoms with Gasteiger partial charge in [0, 0.05) is 5.69 Å². The number of benzene rings is 2. The van der Waals surface area contributed by atoms with Crippen LogP contribution in [0.4, 0.5) is 5.69 Å². The highest BCUT2D eigenvalue weighted by molar-refractivity contribution is 5.95. The van der Waals surface area contributed by atoms with Crippen LogP contribution in [0.25, 0.3) is 0 Å². The van der Waals surface area contributed by atoms with Gasteiger partial charge in [-0.15, -0.1) is 0 Å². The molecule has 0 aliphatic carbocycles. The van der Waals surface area contributed by atoms with Crippen LogP contribution in [0.1, 0.15) is 11.1 Å². The maximum Gasteiger partial charge on any atom is 0.322 e. The molecular formula is C17H19N3O2. The van der Waals surface area contributed by atoms with Gasteiger partial charge in [0.05, 0.1) is 6.54 Å². The molecule has 3 N–H and O–H groups in total. The van der Waals surface area contributed by atoms with Gasteiger partial charge in [-0.25, -0.2) is 4.99 Å². The van der Waals surface area contributed by atoms with E-state index in [-0.39, 0.29) is 6.54 Å². The van der Waals surface area contributed by atoms with E-state index in [4.69, 9.17) is 5.11 Å². The number of guanidine groups is 1. The van der Waals surface area contributed by atoms with Gasteiger partial charge in [0.2, 0.25) is 0 Å². The minimum absolute atomic E-state index is 0.188. The number of aryl methyl sites for hydroxylation is 1. The lowest BCUT2D eigenvalue weighted by Crippen LogP contribution is -2.34. The molecule has 0 fully saturated rings. The Morgan fingerprint density at radius 2 is 1.77 bits per heavy atom. The molecule has 0 atom stereocenters. The van der Waals surface area contributed by atoms with Crippen LogP contribution in [0.3, 0.4) is 0 Å². The SMILES string of the molecule is Cc1ccc(CN=C(NCC(=O)O)Nc2ccccc2)cc1. The Balaban J connectivity index is 2.06. The fourth-order valence-electron chi connectivity index (χ4n) is 1.82. The van der Waals surface area contributed by atoms with Crippen LogP contribution >= 0.6 is 0 Å². The molecular weight excluding hydrogens is 278 g/mol. The third-order valence-electron chi connectivity index (χ3n) is 2.98. The number of aliphatic imine (C=N–C) groups is 1. The number of anilines is 1. The van der Waals surface area contributed by atoms with Crippen molar-refractivity contribution in [2.75, 3.05) is 11.9 Å². The van der Waals surface area contributed by atoms with Gasteiger partial charge in [-0.3, -0.25) is 4.79 Å². The molecule has 0 radical (unpaired) electrons. The number of para-hydroxylation sites is 1. The Hall–Kier alpha value is -2.82. The monoisotopic (exact) mass is 297 g/mol. The molecule has 114 valence electrons. The zero-order valence-corrected chi connectivity index (χ0v) is 12.4. The molecule has 0 saturated heterocycles. The summed E-state index contributed by atoms with van der Waals surface area (Å²) in [6, 6.07) is 17.6. The van der Waals surface area contributed by atoms with E-state index >= 15 is 0 Å². The van der Waals surface area contributed by atoms with Crippen LogP contribution in [0.2, 0.25) is 0 Å². The van der Waals surface area contributed by atoms with E-state index in [9.17, 15) is 4.79 Å². The van der Waals surface area contributed by atoms with Crippen molar-refractivity contribution in [2.45, 2.75) is 13.5 Å². The number of hydrogen-bond acceptors (Lipinski definition) is 2. The number of hydrogen-bond donors (Lipinski definition) is 3. The maximum absolute atomic E-state index is 10.7. The summed E-state index contributed by atoms with van der Waals surface area (Å²) in [5.74, 6) is -0.493. The lowest BCUT2D eigenvalue weighted by atomic mass is 10.1. The first-order valence-electron chi connectivity index (χ1n) is 7.01. The van der Waals surface area contributed by atoms with Gasteiger partial charge < -0.3 is 15.7 Å². The van der Waals surface area contributed by atoms with Crippen molar-refractivity contribution < 1.29 is 9.90 Å². The summed E-state index contributed by atoms with van der Waals surface area (Å²) >= 11 is 0. The lowest BCUT2D eigenvalue weighted by Gasteiger charge is -2.11. The Kier molecular flexibility index (Phi) is 5.54. The van der Waals surface area contributed by atoms with E-state index in [0.29, 0.717) is 12.5 Å². The molecule has 5 nitrogen and oxygen atoms in total. The first kappa shape index (κ1) is 15.6. The predicted octanol–water partition coefficient (Wildman–Crippen LogP) is 2.64. The van der Waals surface area contributed by atoms with E-state index in [0.717, 1.165) is 11.3 Å². The molecule has 0 saturated carbocycles. The third kappa shape index (κ3) is 5.28. The molecule has 0 amide bonds. The molecule has 0 unspecified atom stereocenters. The Morgan fingerprint density at radius 3 is 2.41 bits per heavy atom. The summed E-state index contributed by atoms with van der Waals surface area (Å²) < 4.78 is 0. The van der Waals surface area contributed by atoms with E-state index in [1.807, 2.05) is 61.5 Å². The fraction of sp³-hybridized carbons (Fsp3) is 0.176. The normalized spacial score (nSPS) is 11.0. The highest BCUT2D eigenvalue weighted by Crippen LogP contribution is 2.07. The Bertz CT molecular complexity index is 637. The minimum atomic E-state index is -0.933. The Morgan fingerprint density at radius 1 is 1.09 bits per heavy atom. The van der Waals surface area contributed by atoms with E-state index in [1.165, 1.54) is 5.56 Å². The number of carboxylic acids is 1. The Labute approximate surface area is 129 Å². The molecule has 2 aromatic carbocycles. The average molecular weight is 297 g/mol. The second-order valence-corrected chi connectivity index (χ2v) is 4.89. The van der Waals surface area contributed by atoms with Crippen LogP contribution < -0.4 is 10.6 Å². The summed E-state index contributed by atoms with van der Waals surface area (Å²) in [6.07, 6.45) is 0. The van der Waals surface area contributed by atoms with Gasteiger partial charge in [0.1, 0.15) is 6.54 Å². The summed E-state index contributed by atoms with van der Waals surface area (Å²) in [4.78, 5) is 15.1. The molecule has 0 heterocycles. The second-order valence-electron chi connectivity index (χ2n) is 4.89. The van der Waals surface area contributed by atoms with E-state index < -0.39 is 5.97 Å². The highest BCUT2D eigenvalue weighted by atomic mass is 16.4. The van der Waals surface area contributed by atoms with Crippen molar-refractivity contribution in [1.82, 2.24) is 5.32 Å². The van der Waals surface area contributed by atoms with Crippen LogP contribution in [-0.4, -0.2) is 23.6 Å². The fourth-order valence-corrected chi connectivity index (χ4v) is 1.82. The quantitative estimate of drug-likeness (QED) is 0.586. The average Bonchev–Trinajstić information content (AvgIpc) is 2.52. The molecule has 2 rings (SSSR count). The van der Waals surface area contributed by atoms with Gasteiger partial charge >= 0.3 is 5.97 Å². The van der Waals surface area contributed by atoms with Crippen molar-refractivity contribution in [2.24, 2.45) is 4.99 Å². The third-order valence-corrected chi connectivity index (χ3v) is 2.98. The molecule has 0 aliphatic rings. The summed E-state index contributed by atoms with van der Waals surface area (Å²) in [5.41, 5.74) is 3.11. The minimum Gasteiger partial charge on any atom is -0.480 e. The van der Waals surface area contributed by atoms with Crippen molar-refractivity contribution in [1.29, 1.82) is 0 Å². The number of aliphatic carboxylic acids is 1. The van der Waals surface area contributed by atoms with Gasteiger partial charge in [0.25, 0.3) is 0 Å². The summed E-state index contributed by atoms with van der Waals surface area (Å²) in [7, 11) is 0. The van der Waals surface area contributed by atoms with Crippen LogP contribution in [0, 0.1) is 6.92 Å². The molecule has 5 heteroatoms. The van der Waals surface area contributed by atoms with E-state index in [1.54, 1.807) is 0 Å². The van der Waals surface area contributed by atoms with Gasteiger partial charge in [0.15, 0.2) is 5.96 Å². The first-order valence-corrected chi connectivity index (χ1v) is 7.01. The number of rotatable bonds is 5. The topological polar surface area (TPSA) is 73.7 Å². The summed E-state index contributed by atoms with van der Waals surface area (Å²) in [6.45, 7) is 2.32.